The summed E-state index contributed by atoms with van der Waals surface area (Å²) in [5.74, 6) is 1.93. The minimum absolute atomic E-state index is 0.0387. The van der Waals surface area contributed by atoms with Crippen LogP contribution in [0.15, 0.2) is 103 Å². The smallest absolute Gasteiger partial charge is 0.224 e. The van der Waals surface area contributed by atoms with Gasteiger partial charge in [0.05, 0.1) is 24.0 Å². The first-order valence-corrected chi connectivity index (χ1v) is 14.5. The fraction of sp³-hybridized carbons (Fsp3) is 0.278. The number of benzene rings is 4. The minimum atomic E-state index is 0.0387. The summed E-state index contributed by atoms with van der Waals surface area (Å²) in [7, 11) is 0. The van der Waals surface area contributed by atoms with E-state index in [-0.39, 0.29) is 11.3 Å². The van der Waals surface area contributed by atoms with E-state index < -0.39 is 0 Å². The van der Waals surface area contributed by atoms with Gasteiger partial charge in [-0.3, -0.25) is 4.79 Å². The first-order valence-electron chi connectivity index (χ1n) is 14.5. The second-order valence-corrected chi connectivity index (χ2v) is 11.5. The van der Waals surface area contributed by atoms with Crippen molar-refractivity contribution in [2.45, 2.75) is 52.0 Å². The number of nitrogens with one attached hydrogen (secondary N) is 1. The van der Waals surface area contributed by atoms with Crippen molar-refractivity contribution < 1.29 is 9.53 Å². The summed E-state index contributed by atoms with van der Waals surface area (Å²) in [5.41, 5.74) is 6.85. The van der Waals surface area contributed by atoms with Crippen molar-refractivity contribution in [3.05, 3.63) is 120 Å². The predicted molar refractivity (Wildman–Crippen MR) is 167 cm³/mol. The van der Waals surface area contributed by atoms with Gasteiger partial charge in [-0.25, -0.2) is 4.98 Å². The van der Waals surface area contributed by atoms with Crippen LogP contribution in [0.25, 0.3) is 22.2 Å². The van der Waals surface area contributed by atoms with Crippen molar-refractivity contribution in [3.63, 3.8) is 0 Å². The number of amides is 1. The van der Waals surface area contributed by atoms with Gasteiger partial charge in [-0.15, -0.1) is 0 Å². The van der Waals surface area contributed by atoms with Crippen molar-refractivity contribution in [1.82, 2.24) is 14.9 Å². The molecule has 0 radical (unpaired) electrons. The quantitative estimate of drug-likeness (QED) is 0.176. The van der Waals surface area contributed by atoms with Crippen LogP contribution in [0.4, 0.5) is 0 Å². The number of ether oxygens (including phenoxy) is 1. The highest BCUT2D eigenvalue weighted by Crippen LogP contribution is 2.25. The number of fused-ring (bicyclic) bond motifs is 1. The van der Waals surface area contributed by atoms with Gasteiger partial charge in [0.25, 0.3) is 0 Å². The van der Waals surface area contributed by atoms with Gasteiger partial charge in [-0.05, 0) is 58.4 Å². The fourth-order valence-corrected chi connectivity index (χ4v) is 5.04. The molecule has 0 saturated carbocycles. The van der Waals surface area contributed by atoms with Crippen LogP contribution in [0.1, 0.15) is 44.1 Å². The van der Waals surface area contributed by atoms with Gasteiger partial charge in [0.2, 0.25) is 5.91 Å². The van der Waals surface area contributed by atoms with Gasteiger partial charge < -0.3 is 14.6 Å². The molecule has 0 spiro atoms. The number of carbonyl (C=O) groups is 1. The van der Waals surface area contributed by atoms with Gasteiger partial charge in [-0.2, -0.15) is 0 Å². The van der Waals surface area contributed by atoms with E-state index in [4.69, 9.17) is 9.72 Å². The third kappa shape index (κ3) is 7.43. The van der Waals surface area contributed by atoms with E-state index in [2.05, 4.69) is 73.1 Å². The maximum atomic E-state index is 12.6. The molecule has 41 heavy (non-hydrogen) atoms. The largest absolute Gasteiger partial charge is 0.492 e. The fourth-order valence-electron chi connectivity index (χ4n) is 5.04. The summed E-state index contributed by atoms with van der Waals surface area (Å²) in [4.78, 5) is 17.5. The Morgan fingerprint density at radius 1 is 0.829 bits per heavy atom. The zero-order valence-electron chi connectivity index (χ0n) is 24.3. The number of carbonyl (C=O) groups excluding carboxylic acids is 1. The SMILES string of the molecule is CC(C)(C)c1ccc(OCCn2c(CCCNC(=O)Cc3ccc(-c4ccccc4)cc3)nc3ccccc32)cc1. The van der Waals surface area contributed by atoms with Gasteiger partial charge in [0, 0.05) is 13.0 Å². The maximum Gasteiger partial charge on any atom is 0.224 e. The summed E-state index contributed by atoms with van der Waals surface area (Å²) in [6.45, 7) is 8.52. The van der Waals surface area contributed by atoms with Crippen LogP contribution in [0.2, 0.25) is 0 Å². The summed E-state index contributed by atoms with van der Waals surface area (Å²) >= 11 is 0. The Bertz CT molecular complexity index is 1560. The molecule has 1 aromatic heterocycles. The van der Waals surface area contributed by atoms with Gasteiger partial charge in [0.1, 0.15) is 18.2 Å². The van der Waals surface area contributed by atoms with Crippen molar-refractivity contribution in [2.24, 2.45) is 0 Å². The van der Waals surface area contributed by atoms with Crippen molar-refractivity contribution >= 4 is 16.9 Å². The first kappa shape index (κ1) is 28.2. The number of nitrogens with zero attached hydrogens (tertiary/aromatic N) is 2. The normalized spacial score (nSPS) is 11.5. The maximum absolute atomic E-state index is 12.6. The van der Waals surface area contributed by atoms with E-state index in [0.29, 0.717) is 26.1 Å². The van der Waals surface area contributed by atoms with Gasteiger partial charge >= 0.3 is 0 Å². The third-order valence-electron chi connectivity index (χ3n) is 7.36. The highest BCUT2D eigenvalue weighted by atomic mass is 16.5. The first-order chi connectivity index (χ1) is 19.9. The molecular formula is C36H39N3O2. The highest BCUT2D eigenvalue weighted by molar-refractivity contribution is 5.79. The molecule has 0 atom stereocenters. The summed E-state index contributed by atoms with van der Waals surface area (Å²) in [6.07, 6.45) is 1.97. The molecule has 0 fully saturated rings. The highest BCUT2D eigenvalue weighted by Gasteiger charge is 2.14. The Hall–Kier alpha value is -4.38. The van der Waals surface area contributed by atoms with Gasteiger partial charge in [0.15, 0.2) is 0 Å². The molecule has 0 bridgehead atoms. The lowest BCUT2D eigenvalue weighted by molar-refractivity contribution is -0.120. The molecule has 0 aliphatic carbocycles. The molecule has 5 aromatic rings. The monoisotopic (exact) mass is 545 g/mol. The number of aryl methyl sites for hydroxylation is 1. The second kappa shape index (κ2) is 12.9. The van der Waals surface area contributed by atoms with E-state index in [1.165, 1.54) is 11.1 Å². The Morgan fingerprint density at radius 2 is 1.51 bits per heavy atom. The second-order valence-electron chi connectivity index (χ2n) is 11.5. The Labute approximate surface area is 243 Å². The molecule has 0 aliphatic rings. The molecule has 0 saturated heterocycles. The molecule has 0 aliphatic heterocycles. The van der Waals surface area contributed by atoms with E-state index in [1.54, 1.807) is 0 Å². The molecule has 5 rings (SSSR count). The van der Waals surface area contributed by atoms with Crippen LogP contribution in [-0.2, 0) is 29.6 Å². The summed E-state index contributed by atoms with van der Waals surface area (Å²) in [5, 5.41) is 3.08. The molecule has 1 amide bonds. The lowest BCUT2D eigenvalue weighted by Gasteiger charge is -2.19. The lowest BCUT2D eigenvalue weighted by atomic mass is 9.87. The van der Waals surface area contributed by atoms with Crippen LogP contribution in [0, 0.1) is 0 Å². The zero-order chi connectivity index (χ0) is 28.7. The zero-order valence-corrected chi connectivity index (χ0v) is 24.3. The molecule has 5 nitrogen and oxygen atoms in total. The van der Waals surface area contributed by atoms with Crippen molar-refractivity contribution in [3.8, 4) is 16.9 Å². The minimum Gasteiger partial charge on any atom is -0.492 e. The number of hydrogen-bond acceptors (Lipinski definition) is 3. The Kier molecular flexibility index (Phi) is 8.83. The van der Waals surface area contributed by atoms with Crippen LogP contribution in [-0.4, -0.2) is 28.6 Å². The topological polar surface area (TPSA) is 56.1 Å². The number of hydrogen-bond donors (Lipinski definition) is 1. The predicted octanol–water partition coefficient (Wildman–Crippen LogP) is 7.37. The molecule has 4 aromatic carbocycles. The van der Waals surface area contributed by atoms with Crippen molar-refractivity contribution in [2.75, 3.05) is 13.2 Å². The van der Waals surface area contributed by atoms with E-state index in [1.807, 2.05) is 60.7 Å². The summed E-state index contributed by atoms with van der Waals surface area (Å²) < 4.78 is 8.34. The molecule has 1 N–H and O–H groups in total. The lowest BCUT2D eigenvalue weighted by Crippen LogP contribution is -2.26. The molecule has 1 heterocycles. The van der Waals surface area contributed by atoms with Crippen LogP contribution < -0.4 is 10.1 Å². The Balaban J connectivity index is 1.12. The van der Waals surface area contributed by atoms with Crippen molar-refractivity contribution in [1.29, 1.82) is 0 Å². The molecular weight excluding hydrogens is 506 g/mol. The number of para-hydroxylation sites is 2. The van der Waals surface area contributed by atoms with Crippen LogP contribution in [0.3, 0.4) is 0 Å². The number of rotatable bonds is 11. The average Bonchev–Trinajstić information content (AvgIpc) is 3.33. The van der Waals surface area contributed by atoms with E-state index in [9.17, 15) is 4.79 Å². The summed E-state index contributed by atoms with van der Waals surface area (Å²) in [6, 6.07) is 35.1. The Morgan fingerprint density at radius 3 is 2.24 bits per heavy atom. The van der Waals surface area contributed by atoms with Crippen LogP contribution in [0.5, 0.6) is 5.75 Å². The average molecular weight is 546 g/mol. The number of imidazole rings is 1. The third-order valence-corrected chi connectivity index (χ3v) is 7.36. The van der Waals surface area contributed by atoms with E-state index >= 15 is 0 Å². The standard InChI is InChI=1S/C36H39N3O2/c1-36(2,3)30-19-21-31(22-20-30)41-25-24-39-33-13-8-7-12-32(33)38-34(39)14-9-23-37-35(40)26-27-15-17-29(18-16-27)28-10-5-4-6-11-28/h4-8,10-13,15-22H,9,14,23-26H2,1-3H3,(H,37,40). The molecule has 210 valence electrons. The molecule has 0 unspecified atom stereocenters. The van der Waals surface area contributed by atoms with Crippen LogP contribution >= 0.6 is 0 Å². The van der Waals surface area contributed by atoms with E-state index in [0.717, 1.165) is 46.6 Å². The molecule has 5 heteroatoms. The number of aromatic nitrogens is 2. The van der Waals surface area contributed by atoms with Gasteiger partial charge in [-0.1, -0.05) is 99.6 Å².